The van der Waals surface area contributed by atoms with E-state index in [4.69, 9.17) is 14.2 Å². The Kier molecular flexibility index (Phi) is 4.19. The van der Waals surface area contributed by atoms with Gasteiger partial charge in [-0.25, -0.2) is 4.98 Å². The molecule has 0 unspecified atom stereocenters. The maximum atomic E-state index is 13.2. The molecule has 3 heterocycles. The number of methoxy groups -OCH3 is 1. The van der Waals surface area contributed by atoms with E-state index < -0.39 is 17.7 Å². The van der Waals surface area contributed by atoms with Crippen molar-refractivity contribution in [1.29, 1.82) is 0 Å². The molecule has 0 N–H and O–H groups in total. The Bertz CT molecular complexity index is 809. The topological polar surface area (TPSA) is 43.8 Å². The molecule has 1 aromatic carbocycles. The van der Waals surface area contributed by atoms with E-state index in [2.05, 4.69) is 4.98 Å². The van der Waals surface area contributed by atoms with Gasteiger partial charge in [0.25, 0.3) is 0 Å². The molecule has 0 atom stereocenters. The number of hydrogen-bond donors (Lipinski definition) is 0. The number of pyridine rings is 1. The van der Waals surface area contributed by atoms with Gasteiger partial charge in [-0.15, -0.1) is 0 Å². The minimum absolute atomic E-state index is 0.167. The van der Waals surface area contributed by atoms with Crippen LogP contribution in [0.2, 0.25) is 0 Å². The molecule has 2 aliphatic heterocycles. The Morgan fingerprint density at radius 1 is 1.15 bits per heavy atom. The third kappa shape index (κ3) is 2.97. The fraction of sp³-hybridized carbons (Fsp3) is 0.500. The lowest BCUT2D eigenvalue weighted by Crippen LogP contribution is -2.45. The van der Waals surface area contributed by atoms with E-state index in [9.17, 15) is 13.2 Å². The van der Waals surface area contributed by atoms with Gasteiger partial charge in [0, 0.05) is 37.4 Å². The molecule has 0 amide bonds. The van der Waals surface area contributed by atoms with Crippen LogP contribution >= 0.6 is 0 Å². The normalized spacial score (nSPS) is 20.1. The second-order valence-electron chi connectivity index (χ2n) is 6.48. The van der Waals surface area contributed by atoms with Crippen molar-refractivity contribution in [2.45, 2.75) is 24.8 Å². The Morgan fingerprint density at radius 3 is 2.46 bits per heavy atom. The molecule has 4 rings (SSSR count). The number of halogens is 3. The fourth-order valence-electron chi connectivity index (χ4n) is 3.65. The highest BCUT2D eigenvalue weighted by molar-refractivity contribution is 5.95. The number of rotatable bonds is 2. The van der Waals surface area contributed by atoms with Crippen LogP contribution in [0.15, 0.2) is 24.3 Å². The quantitative estimate of drug-likeness (QED) is 0.810. The Hall–Kier alpha value is -2.06. The minimum Gasteiger partial charge on any atom is -0.496 e. The number of ether oxygens (including phenoxy) is 3. The van der Waals surface area contributed by atoms with Gasteiger partial charge < -0.3 is 19.1 Å². The van der Waals surface area contributed by atoms with E-state index in [1.807, 2.05) is 11.0 Å². The van der Waals surface area contributed by atoms with Crippen LogP contribution in [0.5, 0.6) is 5.75 Å². The van der Waals surface area contributed by atoms with Crippen molar-refractivity contribution in [2.75, 3.05) is 38.3 Å². The van der Waals surface area contributed by atoms with Crippen molar-refractivity contribution >= 4 is 16.6 Å². The molecule has 2 saturated heterocycles. The van der Waals surface area contributed by atoms with Gasteiger partial charge in [0.2, 0.25) is 0 Å². The lowest BCUT2D eigenvalue weighted by molar-refractivity contribution is -0.169. The van der Waals surface area contributed by atoms with Crippen molar-refractivity contribution < 1.29 is 27.4 Å². The van der Waals surface area contributed by atoms with Crippen molar-refractivity contribution in [3.8, 4) is 5.75 Å². The Balaban J connectivity index is 1.73. The number of fused-ring (bicyclic) bond motifs is 1. The summed E-state index contributed by atoms with van der Waals surface area (Å²) in [5.41, 5.74) is 0.00775. The van der Waals surface area contributed by atoms with Crippen LogP contribution in [0.3, 0.4) is 0 Å². The van der Waals surface area contributed by atoms with Crippen LogP contribution in [0.25, 0.3) is 10.9 Å². The minimum atomic E-state index is -4.54. The van der Waals surface area contributed by atoms with Crippen LogP contribution in [0.4, 0.5) is 18.9 Å². The third-order valence-electron chi connectivity index (χ3n) is 4.97. The summed E-state index contributed by atoms with van der Waals surface area (Å²) < 4.78 is 56.3. The van der Waals surface area contributed by atoms with E-state index in [1.165, 1.54) is 7.11 Å². The first kappa shape index (κ1) is 17.4. The summed E-state index contributed by atoms with van der Waals surface area (Å²) in [6.45, 7) is 2.42. The molecule has 5 nitrogen and oxygen atoms in total. The van der Waals surface area contributed by atoms with Crippen LogP contribution in [0.1, 0.15) is 18.5 Å². The zero-order chi connectivity index (χ0) is 18.4. The predicted molar refractivity (Wildman–Crippen MR) is 89.4 cm³/mol. The molecular formula is C18H19F3N2O3. The number of nitrogens with zero attached hydrogens (tertiary/aromatic N) is 2. The molecule has 8 heteroatoms. The zero-order valence-electron chi connectivity index (χ0n) is 14.3. The summed E-state index contributed by atoms with van der Waals surface area (Å²) in [6.07, 6.45) is -3.20. The van der Waals surface area contributed by atoms with Gasteiger partial charge in [0.1, 0.15) is 11.4 Å². The van der Waals surface area contributed by atoms with Crippen LogP contribution in [-0.4, -0.2) is 44.2 Å². The first-order valence-electron chi connectivity index (χ1n) is 8.50. The number of para-hydroxylation sites is 1. The highest BCUT2D eigenvalue weighted by Gasteiger charge is 2.40. The van der Waals surface area contributed by atoms with Crippen LogP contribution < -0.4 is 9.64 Å². The van der Waals surface area contributed by atoms with Crippen molar-refractivity contribution in [1.82, 2.24) is 4.98 Å². The van der Waals surface area contributed by atoms with E-state index >= 15 is 0 Å². The number of hydrogen-bond acceptors (Lipinski definition) is 5. The number of piperidine rings is 1. The second kappa shape index (κ2) is 6.28. The number of aromatic nitrogens is 1. The molecule has 26 heavy (non-hydrogen) atoms. The SMILES string of the molecule is COc1cc(C(F)(F)F)nc2c(N3CCC4(CC3)OCCO4)cccc12. The lowest BCUT2D eigenvalue weighted by atomic mass is 10.0. The summed E-state index contributed by atoms with van der Waals surface area (Å²) in [7, 11) is 1.36. The average molecular weight is 368 g/mol. The molecule has 0 radical (unpaired) electrons. The summed E-state index contributed by atoms with van der Waals surface area (Å²) in [6, 6.07) is 6.27. The van der Waals surface area contributed by atoms with Gasteiger partial charge in [-0.3, -0.25) is 0 Å². The predicted octanol–water partition coefficient (Wildman–Crippen LogP) is 3.61. The summed E-state index contributed by atoms with van der Waals surface area (Å²) in [4.78, 5) is 5.94. The van der Waals surface area contributed by atoms with Gasteiger partial charge in [0.15, 0.2) is 5.79 Å². The summed E-state index contributed by atoms with van der Waals surface area (Å²) >= 11 is 0. The van der Waals surface area contributed by atoms with Gasteiger partial charge in [-0.05, 0) is 12.1 Å². The van der Waals surface area contributed by atoms with Crippen molar-refractivity contribution in [3.05, 3.63) is 30.0 Å². The molecule has 2 fully saturated rings. The average Bonchev–Trinajstić information content (AvgIpc) is 3.08. The van der Waals surface area contributed by atoms with Crippen molar-refractivity contribution in [3.63, 3.8) is 0 Å². The standard InChI is InChI=1S/C18H19F3N2O3/c1-24-14-11-15(18(19,20)21)22-16-12(14)3-2-4-13(16)23-7-5-17(6-8-23)25-9-10-26-17/h2-4,11H,5-10H2,1H3. The largest absolute Gasteiger partial charge is 0.496 e. The zero-order valence-corrected chi connectivity index (χ0v) is 14.3. The Morgan fingerprint density at radius 2 is 1.85 bits per heavy atom. The molecule has 140 valence electrons. The molecular weight excluding hydrogens is 349 g/mol. The first-order chi connectivity index (χ1) is 12.4. The third-order valence-corrected chi connectivity index (χ3v) is 4.97. The Labute approximate surface area is 148 Å². The van der Waals surface area contributed by atoms with E-state index in [-0.39, 0.29) is 5.75 Å². The molecule has 1 aromatic heterocycles. The van der Waals surface area contributed by atoms with Gasteiger partial charge >= 0.3 is 6.18 Å². The van der Waals surface area contributed by atoms with E-state index in [1.54, 1.807) is 12.1 Å². The molecule has 2 aromatic rings. The number of anilines is 1. The van der Waals surface area contributed by atoms with Gasteiger partial charge in [-0.1, -0.05) is 6.07 Å². The van der Waals surface area contributed by atoms with Gasteiger partial charge in [-0.2, -0.15) is 13.2 Å². The van der Waals surface area contributed by atoms with Crippen LogP contribution in [0, 0.1) is 0 Å². The highest BCUT2D eigenvalue weighted by Crippen LogP contribution is 2.39. The molecule has 0 bridgehead atoms. The molecule has 1 spiro atoms. The molecule has 0 aliphatic carbocycles. The van der Waals surface area contributed by atoms with Crippen molar-refractivity contribution in [2.24, 2.45) is 0 Å². The smallest absolute Gasteiger partial charge is 0.433 e. The summed E-state index contributed by atoms with van der Waals surface area (Å²) in [5, 5.41) is 0.562. The summed E-state index contributed by atoms with van der Waals surface area (Å²) in [5.74, 6) is -0.372. The van der Waals surface area contributed by atoms with E-state index in [0.717, 1.165) is 6.07 Å². The monoisotopic (exact) mass is 368 g/mol. The maximum absolute atomic E-state index is 13.2. The second-order valence-corrected chi connectivity index (χ2v) is 6.48. The lowest BCUT2D eigenvalue weighted by Gasteiger charge is -2.39. The highest BCUT2D eigenvalue weighted by atomic mass is 19.4. The number of benzene rings is 1. The maximum Gasteiger partial charge on any atom is 0.433 e. The van der Waals surface area contributed by atoms with Gasteiger partial charge in [0.05, 0.1) is 31.5 Å². The molecule has 2 aliphatic rings. The van der Waals surface area contributed by atoms with E-state index in [0.29, 0.717) is 55.7 Å². The number of alkyl halides is 3. The van der Waals surface area contributed by atoms with Crippen LogP contribution in [-0.2, 0) is 15.7 Å². The molecule has 0 saturated carbocycles. The first-order valence-corrected chi connectivity index (χ1v) is 8.50. The fourth-order valence-corrected chi connectivity index (χ4v) is 3.65.